The van der Waals surface area contributed by atoms with Gasteiger partial charge in [0.1, 0.15) is 12.1 Å². The second kappa shape index (κ2) is 6.06. The molecule has 0 bridgehead atoms. The summed E-state index contributed by atoms with van der Waals surface area (Å²) in [5.74, 6) is -3.00. The molecule has 0 fully saturated rings. The molecule has 0 saturated heterocycles. The monoisotopic (exact) mass is 233 g/mol. The van der Waals surface area contributed by atoms with Gasteiger partial charge in [-0.1, -0.05) is 0 Å². The number of carbonyl (C=O) groups excluding carboxylic acids is 1. The fourth-order valence-electron chi connectivity index (χ4n) is 1.05. The summed E-state index contributed by atoms with van der Waals surface area (Å²) in [4.78, 5) is 32.4. The Kier molecular flexibility index (Phi) is 5.44. The third-order valence-electron chi connectivity index (χ3n) is 2.00. The SMILES string of the molecule is COCC(=O)NC(C)(CCC(=O)O)C(=O)O. The Balaban J connectivity index is 4.50. The van der Waals surface area contributed by atoms with Crippen molar-refractivity contribution < 1.29 is 29.3 Å². The molecule has 0 radical (unpaired) electrons. The molecule has 0 aromatic carbocycles. The van der Waals surface area contributed by atoms with Gasteiger partial charge in [-0.2, -0.15) is 0 Å². The number of carboxylic acid groups (broad SMARTS) is 2. The van der Waals surface area contributed by atoms with Gasteiger partial charge in [-0.25, -0.2) is 4.79 Å². The van der Waals surface area contributed by atoms with Gasteiger partial charge in [-0.15, -0.1) is 0 Å². The number of aliphatic carboxylic acids is 2. The van der Waals surface area contributed by atoms with E-state index in [-0.39, 0.29) is 19.4 Å². The van der Waals surface area contributed by atoms with Crippen molar-refractivity contribution in [2.24, 2.45) is 0 Å². The van der Waals surface area contributed by atoms with Crippen LogP contribution < -0.4 is 5.32 Å². The molecule has 0 aromatic rings. The van der Waals surface area contributed by atoms with E-state index in [9.17, 15) is 14.4 Å². The van der Waals surface area contributed by atoms with Crippen molar-refractivity contribution in [2.45, 2.75) is 25.3 Å². The van der Waals surface area contributed by atoms with E-state index in [1.54, 1.807) is 0 Å². The van der Waals surface area contributed by atoms with Crippen molar-refractivity contribution in [3.8, 4) is 0 Å². The van der Waals surface area contributed by atoms with Crippen molar-refractivity contribution in [3.05, 3.63) is 0 Å². The molecule has 0 saturated carbocycles. The molecule has 0 spiro atoms. The summed E-state index contributed by atoms with van der Waals surface area (Å²) in [6.07, 6.45) is -0.525. The molecular weight excluding hydrogens is 218 g/mol. The van der Waals surface area contributed by atoms with E-state index in [2.05, 4.69) is 10.1 Å². The Hall–Kier alpha value is -1.63. The molecular formula is C9H15NO6. The highest BCUT2D eigenvalue weighted by Gasteiger charge is 2.35. The number of amides is 1. The lowest BCUT2D eigenvalue weighted by molar-refractivity contribution is -0.148. The number of carboxylic acids is 2. The molecule has 7 heteroatoms. The highest BCUT2D eigenvalue weighted by Crippen LogP contribution is 2.12. The van der Waals surface area contributed by atoms with Crippen LogP contribution >= 0.6 is 0 Å². The summed E-state index contributed by atoms with van der Waals surface area (Å²) in [7, 11) is 1.30. The first-order valence-electron chi connectivity index (χ1n) is 4.57. The summed E-state index contributed by atoms with van der Waals surface area (Å²) < 4.78 is 4.53. The van der Waals surface area contributed by atoms with Crippen LogP contribution in [0.1, 0.15) is 19.8 Å². The lowest BCUT2D eigenvalue weighted by Gasteiger charge is -2.25. The van der Waals surface area contributed by atoms with Crippen molar-refractivity contribution in [1.29, 1.82) is 0 Å². The summed E-state index contributed by atoms with van der Waals surface area (Å²) in [5, 5.41) is 19.6. The number of ether oxygens (including phenoxy) is 1. The molecule has 3 N–H and O–H groups in total. The Morgan fingerprint density at radius 2 is 1.88 bits per heavy atom. The second-order valence-electron chi connectivity index (χ2n) is 3.51. The zero-order valence-electron chi connectivity index (χ0n) is 9.15. The number of methoxy groups -OCH3 is 1. The minimum absolute atomic E-state index is 0.187. The van der Waals surface area contributed by atoms with Crippen LogP contribution in [0.25, 0.3) is 0 Å². The normalized spacial score (nSPS) is 13.9. The van der Waals surface area contributed by atoms with Crippen LogP contribution in [0.4, 0.5) is 0 Å². The highest BCUT2D eigenvalue weighted by molar-refractivity contribution is 5.87. The molecule has 0 aromatic heterocycles. The molecule has 16 heavy (non-hydrogen) atoms. The average molecular weight is 233 g/mol. The smallest absolute Gasteiger partial charge is 0.329 e. The predicted octanol–water partition coefficient (Wildman–Crippen LogP) is -0.543. The second-order valence-corrected chi connectivity index (χ2v) is 3.51. The average Bonchev–Trinajstić information content (AvgIpc) is 2.14. The zero-order chi connectivity index (χ0) is 12.8. The fraction of sp³-hybridized carbons (Fsp3) is 0.667. The van der Waals surface area contributed by atoms with Gasteiger partial charge in [0.05, 0.1) is 0 Å². The number of hydrogen-bond donors (Lipinski definition) is 3. The van der Waals surface area contributed by atoms with Crippen LogP contribution in [0.3, 0.4) is 0 Å². The van der Waals surface area contributed by atoms with Gasteiger partial charge in [-0.3, -0.25) is 9.59 Å². The lowest BCUT2D eigenvalue weighted by atomic mass is 9.96. The van der Waals surface area contributed by atoms with Crippen molar-refractivity contribution in [2.75, 3.05) is 13.7 Å². The first kappa shape index (κ1) is 14.4. The molecule has 1 atom stereocenters. The van der Waals surface area contributed by atoms with E-state index >= 15 is 0 Å². The van der Waals surface area contributed by atoms with Gasteiger partial charge < -0.3 is 20.3 Å². The van der Waals surface area contributed by atoms with Crippen molar-refractivity contribution in [3.63, 3.8) is 0 Å². The van der Waals surface area contributed by atoms with Crippen LogP contribution in [-0.2, 0) is 19.1 Å². The van der Waals surface area contributed by atoms with Crippen LogP contribution in [0.2, 0.25) is 0 Å². The molecule has 1 unspecified atom stereocenters. The first-order chi connectivity index (χ1) is 7.31. The first-order valence-corrected chi connectivity index (χ1v) is 4.57. The maximum Gasteiger partial charge on any atom is 0.329 e. The van der Waals surface area contributed by atoms with Gasteiger partial charge in [0, 0.05) is 13.5 Å². The van der Waals surface area contributed by atoms with Gasteiger partial charge in [0.2, 0.25) is 5.91 Å². The van der Waals surface area contributed by atoms with Gasteiger partial charge in [-0.05, 0) is 13.3 Å². The summed E-state index contributed by atoms with van der Waals surface area (Å²) in [6, 6.07) is 0. The summed E-state index contributed by atoms with van der Waals surface area (Å²) in [5.41, 5.74) is -1.59. The van der Waals surface area contributed by atoms with E-state index in [0.29, 0.717) is 0 Å². The fourth-order valence-corrected chi connectivity index (χ4v) is 1.05. The van der Waals surface area contributed by atoms with E-state index in [1.807, 2.05) is 0 Å². The third-order valence-corrected chi connectivity index (χ3v) is 2.00. The molecule has 1 amide bonds. The van der Waals surface area contributed by atoms with Gasteiger partial charge in [0.25, 0.3) is 0 Å². The van der Waals surface area contributed by atoms with E-state index in [1.165, 1.54) is 14.0 Å². The quantitative estimate of drug-likeness (QED) is 0.544. The predicted molar refractivity (Wildman–Crippen MR) is 52.9 cm³/mol. The number of hydrogen-bond acceptors (Lipinski definition) is 4. The summed E-state index contributed by atoms with van der Waals surface area (Å²) >= 11 is 0. The van der Waals surface area contributed by atoms with Crippen LogP contribution in [-0.4, -0.2) is 47.3 Å². The Bertz CT molecular complexity index is 290. The zero-order valence-corrected chi connectivity index (χ0v) is 9.15. The number of carbonyl (C=O) groups is 3. The van der Waals surface area contributed by atoms with E-state index < -0.39 is 23.4 Å². The maximum atomic E-state index is 11.2. The lowest BCUT2D eigenvalue weighted by Crippen LogP contribution is -2.53. The Morgan fingerprint density at radius 3 is 2.25 bits per heavy atom. The van der Waals surface area contributed by atoms with Gasteiger partial charge >= 0.3 is 11.9 Å². The number of nitrogens with one attached hydrogen (secondary N) is 1. The molecule has 0 rings (SSSR count). The van der Waals surface area contributed by atoms with Gasteiger partial charge in [0.15, 0.2) is 0 Å². The largest absolute Gasteiger partial charge is 0.481 e. The van der Waals surface area contributed by atoms with Crippen molar-refractivity contribution >= 4 is 17.8 Å². The Morgan fingerprint density at radius 1 is 1.31 bits per heavy atom. The van der Waals surface area contributed by atoms with Crippen LogP contribution in [0.5, 0.6) is 0 Å². The highest BCUT2D eigenvalue weighted by atomic mass is 16.5. The van der Waals surface area contributed by atoms with Crippen LogP contribution in [0, 0.1) is 0 Å². The third kappa shape index (κ3) is 4.74. The number of rotatable bonds is 7. The molecule has 0 aliphatic heterocycles. The molecule has 0 aliphatic rings. The van der Waals surface area contributed by atoms with E-state index in [0.717, 1.165) is 0 Å². The standard InChI is InChI=1S/C9H15NO6/c1-9(8(14)15,4-3-7(12)13)10-6(11)5-16-2/h3-5H2,1-2H3,(H,10,11)(H,12,13)(H,14,15). The molecule has 7 nitrogen and oxygen atoms in total. The maximum absolute atomic E-state index is 11.2. The molecule has 0 aliphatic carbocycles. The van der Waals surface area contributed by atoms with Crippen molar-refractivity contribution in [1.82, 2.24) is 5.32 Å². The minimum atomic E-state index is -1.59. The molecule has 0 heterocycles. The topological polar surface area (TPSA) is 113 Å². The molecule has 92 valence electrons. The summed E-state index contributed by atoms with van der Waals surface area (Å²) in [6.45, 7) is 0.988. The minimum Gasteiger partial charge on any atom is -0.481 e. The Labute approximate surface area is 92.4 Å². The van der Waals surface area contributed by atoms with Crippen LogP contribution in [0.15, 0.2) is 0 Å². The van der Waals surface area contributed by atoms with E-state index in [4.69, 9.17) is 10.2 Å².